The van der Waals surface area contributed by atoms with Gasteiger partial charge in [-0.3, -0.25) is 18.6 Å². The number of aromatic carboxylic acids is 1. The summed E-state index contributed by atoms with van der Waals surface area (Å²) in [6.45, 7) is 1.91. The molecule has 0 bridgehead atoms. The molecule has 0 unspecified atom stereocenters. The molecule has 4 heterocycles. The van der Waals surface area contributed by atoms with E-state index in [0.29, 0.717) is 15.6 Å². The van der Waals surface area contributed by atoms with Gasteiger partial charge in [0.1, 0.15) is 22.2 Å². The lowest BCUT2D eigenvalue weighted by Gasteiger charge is -2.01. The number of hydrogen-bond acceptors (Lipinski definition) is 5. The van der Waals surface area contributed by atoms with Crippen LogP contribution in [-0.2, 0) is 4.74 Å². The summed E-state index contributed by atoms with van der Waals surface area (Å²) >= 11 is 11.4. The zero-order chi connectivity index (χ0) is 22.0. The SMILES string of the molecule is CCOC(=O)c1c[nH]n2cc(Cl)cc2c1=O.O=C(O)c1c[nH]n2cc(Cl)cc2c1=O. The van der Waals surface area contributed by atoms with Crippen molar-refractivity contribution in [2.75, 3.05) is 6.61 Å². The van der Waals surface area contributed by atoms with Crippen LogP contribution in [0.15, 0.2) is 46.5 Å². The van der Waals surface area contributed by atoms with Crippen LogP contribution in [0, 0.1) is 0 Å². The molecule has 12 heteroatoms. The van der Waals surface area contributed by atoms with E-state index in [0.717, 1.165) is 6.20 Å². The standard InChI is InChI=1S/C10H9ClN2O3.C8H5ClN2O3/c1-2-16-10(15)7-4-12-13-5-6(11)3-8(13)9(7)14;9-4-1-6-7(12)5(8(13)14)2-10-11(6)3-4/h3-5,12H,2H2,1H3;1-3,10H,(H,13,14). The van der Waals surface area contributed by atoms with Crippen LogP contribution in [0.1, 0.15) is 27.6 Å². The summed E-state index contributed by atoms with van der Waals surface area (Å²) in [6.07, 6.45) is 5.48. The topological polar surface area (TPSA) is 138 Å². The molecule has 0 spiro atoms. The monoisotopic (exact) mass is 452 g/mol. The van der Waals surface area contributed by atoms with E-state index in [2.05, 4.69) is 10.2 Å². The number of carbonyl (C=O) groups is 2. The second kappa shape index (κ2) is 8.47. The highest BCUT2D eigenvalue weighted by Gasteiger charge is 2.14. The molecule has 4 rings (SSSR count). The van der Waals surface area contributed by atoms with Gasteiger partial charge in [-0.05, 0) is 19.1 Å². The van der Waals surface area contributed by atoms with Gasteiger partial charge in [-0.25, -0.2) is 9.59 Å². The fraction of sp³-hybridized carbons (Fsp3) is 0.111. The molecule has 0 aromatic carbocycles. The smallest absolute Gasteiger partial charge is 0.343 e. The van der Waals surface area contributed by atoms with E-state index in [-0.39, 0.29) is 23.3 Å². The Morgan fingerprint density at radius 3 is 1.90 bits per heavy atom. The van der Waals surface area contributed by atoms with Gasteiger partial charge in [0.15, 0.2) is 0 Å². The lowest BCUT2D eigenvalue weighted by Crippen LogP contribution is -2.19. The zero-order valence-corrected chi connectivity index (χ0v) is 16.8. The quantitative estimate of drug-likeness (QED) is 0.408. The van der Waals surface area contributed by atoms with Crippen molar-refractivity contribution >= 4 is 46.2 Å². The number of ether oxygens (including phenoxy) is 1. The molecule has 4 aromatic rings. The van der Waals surface area contributed by atoms with Crippen molar-refractivity contribution in [2.24, 2.45) is 0 Å². The van der Waals surface area contributed by atoms with Gasteiger partial charge in [-0.2, -0.15) is 0 Å². The number of carboxylic acid groups (broad SMARTS) is 1. The van der Waals surface area contributed by atoms with Crippen molar-refractivity contribution < 1.29 is 19.4 Å². The van der Waals surface area contributed by atoms with Gasteiger partial charge >= 0.3 is 11.9 Å². The predicted octanol–water partition coefficient (Wildman–Crippen LogP) is 2.44. The number of fused-ring (bicyclic) bond motifs is 2. The summed E-state index contributed by atoms with van der Waals surface area (Å²) in [5.41, 5.74) is -0.742. The molecule has 0 saturated carbocycles. The maximum atomic E-state index is 11.9. The number of halogens is 2. The summed E-state index contributed by atoms with van der Waals surface area (Å²) in [5, 5.41) is 14.8. The highest BCUT2D eigenvalue weighted by molar-refractivity contribution is 6.31. The number of nitrogens with zero attached hydrogens (tertiary/aromatic N) is 2. The van der Waals surface area contributed by atoms with Crippen LogP contribution in [0.4, 0.5) is 0 Å². The Hall–Kier alpha value is -3.50. The second-order valence-corrected chi connectivity index (χ2v) is 6.76. The Labute approximate surface area is 177 Å². The van der Waals surface area contributed by atoms with Crippen LogP contribution in [0.2, 0.25) is 10.0 Å². The van der Waals surface area contributed by atoms with Crippen LogP contribution in [0.3, 0.4) is 0 Å². The van der Waals surface area contributed by atoms with Gasteiger partial charge < -0.3 is 20.0 Å². The molecular weight excluding hydrogens is 439 g/mol. The largest absolute Gasteiger partial charge is 0.477 e. The van der Waals surface area contributed by atoms with Crippen molar-refractivity contribution in [3.05, 3.63) is 78.5 Å². The first-order valence-electron chi connectivity index (χ1n) is 8.42. The summed E-state index contributed by atoms with van der Waals surface area (Å²) in [4.78, 5) is 45.4. The summed E-state index contributed by atoms with van der Waals surface area (Å²) in [6, 6.07) is 2.90. The van der Waals surface area contributed by atoms with Gasteiger partial charge in [0.25, 0.3) is 0 Å². The molecule has 30 heavy (non-hydrogen) atoms. The van der Waals surface area contributed by atoms with Crippen LogP contribution < -0.4 is 10.9 Å². The van der Waals surface area contributed by atoms with Crippen molar-refractivity contribution in [1.29, 1.82) is 0 Å². The fourth-order valence-electron chi connectivity index (χ4n) is 2.62. The number of carboxylic acids is 1. The van der Waals surface area contributed by atoms with E-state index >= 15 is 0 Å². The third-order valence-electron chi connectivity index (χ3n) is 3.95. The lowest BCUT2D eigenvalue weighted by molar-refractivity contribution is 0.0523. The first-order valence-corrected chi connectivity index (χ1v) is 9.17. The fourth-order valence-corrected chi connectivity index (χ4v) is 3.02. The van der Waals surface area contributed by atoms with Gasteiger partial charge in [0, 0.05) is 24.8 Å². The highest BCUT2D eigenvalue weighted by Crippen LogP contribution is 2.12. The third-order valence-corrected chi connectivity index (χ3v) is 4.36. The summed E-state index contributed by atoms with van der Waals surface area (Å²) in [5.74, 6) is -1.89. The van der Waals surface area contributed by atoms with E-state index in [1.54, 1.807) is 13.1 Å². The van der Waals surface area contributed by atoms with E-state index < -0.39 is 22.8 Å². The molecule has 4 aromatic heterocycles. The van der Waals surface area contributed by atoms with Gasteiger partial charge in [-0.1, -0.05) is 23.2 Å². The van der Waals surface area contributed by atoms with Crippen LogP contribution in [0.25, 0.3) is 11.0 Å². The number of hydrogen-bond donors (Lipinski definition) is 3. The van der Waals surface area contributed by atoms with Crippen molar-refractivity contribution in [2.45, 2.75) is 6.92 Å². The molecule has 0 atom stereocenters. The van der Waals surface area contributed by atoms with Crippen molar-refractivity contribution in [3.8, 4) is 0 Å². The van der Waals surface area contributed by atoms with Crippen LogP contribution in [-0.4, -0.2) is 42.9 Å². The zero-order valence-electron chi connectivity index (χ0n) is 15.3. The number of esters is 1. The first kappa shape index (κ1) is 21.2. The molecule has 10 nitrogen and oxygen atoms in total. The minimum atomic E-state index is -1.26. The molecule has 0 saturated heterocycles. The lowest BCUT2D eigenvalue weighted by atomic mass is 10.3. The minimum absolute atomic E-state index is 0.0240. The van der Waals surface area contributed by atoms with E-state index in [9.17, 15) is 19.2 Å². The molecule has 0 aliphatic heterocycles. The number of nitrogens with one attached hydrogen (secondary N) is 2. The van der Waals surface area contributed by atoms with Crippen LogP contribution in [0.5, 0.6) is 0 Å². The molecule has 0 fully saturated rings. The molecule has 0 radical (unpaired) electrons. The second-order valence-electron chi connectivity index (χ2n) is 5.89. The van der Waals surface area contributed by atoms with E-state index in [1.165, 1.54) is 33.6 Å². The molecule has 0 aliphatic rings. The highest BCUT2D eigenvalue weighted by atomic mass is 35.5. The molecule has 156 valence electrons. The normalized spacial score (nSPS) is 10.6. The number of aromatic nitrogens is 4. The predicted molar refractivity (Wildman–Crippen MR) is 109 cm³/mol. The number of H-pyrrole nitrogens is 2. The maximum absolute atomic E-state index is 11.9. The average Bonchev–Trinajstić information content (AvgIpc) is 3.25. The first-order chi connectivity index (χ1) is 14.2. The molecule has 0 amide bonds. The molecule has 0 aliphatic carbocycles. The number of aromatic amines is 2. The Kier molecular flexibility index (Phi) is 5.99. The molecular formula is C18H14Cl2N4O6. The molecule has 3 N–H and O–H groups in total. The summed E-state index contributed by atoms with van der Waals surface area (Å²) in [7, 11) is 0. The van der Waals surface area contributed by atoms with E-state index in [1.807, 2.05) is 0 Å². The Morgan fingerprint density at radius 2 is 1.43 bits per heavy atom. The Morgan fingerprint density at radius 1 is 0.967 bits per heavy atom. The van der Waals surface area contributed by atoms with Gasteiger partial charge in [-0.15, -0.1) is 0 Å². The van der Waals surface area contributed by atoms with E-state index in [4.69, 9.17) is 33.0 Å². The summed E-state index contributed by atoms with van der Waals surface area (Å²) < 4.78 is 7.59. The van der Waals surface area contributed by atoms with Gasteiger partial charge in [0.2, 0.25) is 10.9 Å². The Balaban J connectivity index is 0.000000172. The maximum Gasteiger partial charge on any atom is 0.343 e. The number of carbonyl (C=O) groups excluding carboxylic acids is 1. The van der Waals surface area contributed by atoms with Gasteiger partial charge in [0.05, 0.1) is 16.7 Å². The Bertz CT molecular complexity index is 1380. The van der Waals surface area contributed by atoms with Crippen molar-refractivity contribution in [1.82, 2.24) is 19.2 Å². The van der Waals surface area contributed by atoms with Crippen molar-refractivity contribution in [3.63, 3.8) is 0 Å². The average molecular weight is 453 g/mol. The van der Waals surface area contributed by atoms with Crippen LogP contribution >= 0.6 is 23.2 Å². The third kappa shape index (κ3) is 4.09. The minimum Gasteiger partial charge on any atom is -0.477 e. The number of rotatable bonds is 3.